The molecule has 1 aromatic heterocycles. The molecule has 0 saturated carbocycles. The molecule has 0 aliphatic carbocycles. The number of urea groups is 1. The zero-order valence-corrected chi connectivity index (χ0v) is 11.2. The summed E-state index contributed by atoms with van der Waals surface area (Å²) in [5.74, 6) is 0.674. The van der Waals surface area contributed by atoms with Crippen LogP contribution in [0.2, 0.25) is 0 Å². The predicted molar refractivity (Wildman–Crippen MR) is 75.1 cm³/mol. The van der Waals surface area contributed by atoms with E-state index in [4.69, 9.17) is 0 Å². The number of rotatable bonds is 4. The third-order valence-corrected chi connectivity index (χ3v) is 2.84. The number of carbonyl (C=O) groups is 1. The normalized spacial score (nSPS) is 10.2. The number of aromatic nitrogens is 2. The maximum atomic E-state index is 11.7. The van der Waals surface area contributed by atoms with Crippen molar-refractivity contribution in [2.45, 2.75) is 13.3 Å². The highest BCUT2D eigenvalue weighted by molar-refractivity contribution is 5.88. The van der Waals surface area contributed by atoms with Crippen molar-refractivity contribution in [3.05, 3.63) is 47.7 Å². The molecule has 5 heteroatoms. The minimum atomic E-state index is -0.212. The second-order valence-electron chi connectivity index (χ2n) is 4.46. The van der Waals surface area contributed by atoms with E-state index in [2.05, 4.69) is 40.9 Å². The van der Waals surface area contributed by atoms with Gasteiger partial charge in [-0.2, -0.15) is 5.10 Å². The zero-order valence-electron chi connectivity index (χ0n) is 11.2. The quantitative estimate of drug-likeness (QED) is 0.882. The van der Waals surface area contributed by atoms with Crippen LogP contribution >= 0.6 is 0 Å². The second-order valence-corrected chi connectivity index (χ2v) is 4.46. The summed E-state index contributed by atoms with van der Waals surface area (Å²) in [6, 6.07) is 9.82. The summed E-state index contributed by atoms with van der Waals surface area (Å²) >= 11 is 0. The molecule has 2 N–H and O–H groups in total. The van der Waals surface area contributed by atoms with E-state index in [-0.39, 0.29) is 6.03 Å². The van der Waals surface area contributed by atoms with Crippen LogP contribution in [-0.2, 0) is 13.5 Å². The molecule has 0 saturated heterocycles. The molecule has 0 radical (unpaired) electrons. The van der Waals surface area contributed by atoms with Gasteiger partial charge in [-0.25, -0.2) is 4.79 Å². The molecule has 1 aromatic carbocycles. The molecule has 0 spiro atoms. The lowest BCUT2D eigenvalue weighted by atomic mass is 10.1. The van der Waals surface area contributed by atoms with Gasteiger partial charge in [0.05, 0.1) is 6.20 Å². The fourth-order valence-corrected chi connectivity index (χ4v) is 1.85. The van der Waals surface area contributed by atoms with E-state index in [0.717, 1.165) is 6.42 Å². The molecular weight excluding hydrogens is 240 g/mol. The average molecular weight is 258 g/mol. The van der Waals surface area contributed by atoms with Crippen molar-refractivity contribution in [3.63, 3.8) is 0 Å². The van der Waals surface area contributed by atoms with Crippen LogP contribution in [-0.4, -0.2) is 22.4 Å². The standard InChI is InChI=1S/C14H18N4O/c1-11-4-3-5-12(10-11)6-8-15-14(19)17-13-7-9-16-18(13)2/h3-5,7,9-10H,6,8H2,1-2H3,(H2,15,17,19). The van der Waals surface area contributed by atoms with E-state index >= 15 is 0 Å². The Morgan fingerprint density at radius 2 is 2.21 bits per heavy atom. The number of hydrogen-bond donors (Lipinski definition) is 2. The average Bonchev–Trinajstić information content (AvgIpc) is 2.75. The predicted octanol–water partition coefficient (Wildman–Crippen LogP) is 2.09. The van der Waals surface area contributed by atoms with E-state index in [9.17, 15) is 4.79 Å². The minimum Gasteiger partial charge on any atom is -0.337 e. The van der Waals surface area contributed by atoms with Crippen LogP contribution in [0.25, 0.3) is 0 Å². The Balaban J connectivity index is 1.77. The van der Waals surface area contributed by atoms with Crippen LogP contribution in [0.3, 0.4) is 0 Å². The third-order valence-electron chi connectivity index (χ3n) is 2.84. The van der Waals surface area contributed by atoms with Gasteiger partial charge in [0, 0.05) is 19.7 Å². The van der Waals surface area contributed by atoms with Crippen molar-refractivity contribution >= 4 is 11.8 Å². The second kappa shape index (κ2) is 6.04. The zero-order chi connectivity index (χ0) is 13.7. The summed E-state index contributed by atoms with van der Waals surface area (Å²) in [5.41, 5.74) is 2.46. The van der Waals surface area contributed by atoms with E-state index in [0.29, 0.717) is 12.4 Å². The number of nitrogens with one attached hydrogen (secondary N) is 2. The van der Waals surface area contributed by atoms with Crippen molar-refractivity contribution in [3.8, 4) is 0 Å². The number of hydrogen-bond acceptors (Lipinski definition) is 2. The SMILES string of the molecule is Cc1cccc(CCNC(=O)Nc2ccnn2C)c1. The maximum absolute atomic E-state index is 11.7. The number of nitrogens with zero attached hydrogens (tertiary/aromatic N) is 2. The van der Waals surface area contributed by atoms with Crippen LogP contribution in [0.1, 0.15) is 11.1 Å². The van der Waals surface area contributed by atoms with E-state index in [1.807, 2.05) is 6.07 Å². The smallest absolute Gasteiger partial charge is 0.320 e. The Bertz CT molecular complexity index is 562. The number of anilines is 1. The molecule has 19 heavy (non-hydrogen) atoms. The summed E-state index contributed by atoms with van der Waals surface area (Å²) in [6.45, 7) is 2.67. The van der Waals surface area contributed by atoms with Crippen molar-refractivity contribution < 1.29 is 4.79 Å². The molecule has 0 aliphatic heterocycles. The lowest BCUT2D eigenvalue weighted by molar-refractivity contribution is 0.252. The van der Waals surface area contributed by atoms with Crippen molar-refractivity contribution in [2.75, 3.05) is 11.9 Å². The van der Waals surface area contributed by atoms with Crippen LogP contribution < -0.4 is 10.6 Å². The summed E-state index contributed by atoms with van der Waals surface area (Å²) in [4.78, 5) is 11.7. The van der Waals surface area contributed by atoms with Crippen molar-refractivity contribution in [1.29, 1.82) is 0 Å². The maximum Gasteiger partial charge on any atom is 0.320 e. The van der Waals surface area contributed by atoms with Gasteiger partial charge in [-0.15, -0.1) is 0 Å². The molecule has 2 amide bonds. The molecule has 5 nitrogen and oxygen atoms in total. The minimum absolute atomic E-state index is 0.212. The number of amides is 2. The molecule has 0 atom stereocenters. The van der Waals surface area contributed by atoms with Gasteiger partial charge >= 0.3 is 6.03 Å². The lowest BCUT2D eigenvalue weighted by Crippen LogP contribution is -2.31. The Labute approximate surface area is 112 Å². The van der Waals surface area contributed by atoms with Gasteiger partial charge in [-0.3, -0.25) is 10.00 Å². The highest BCUT2D eigenvalue weighted by Gasteiger charge is 2.03. The molecule has 0 bridgehead atoms. The van der Waals surface area contributed by atoms with E-state index < -0.39 is 0 Å². The van der Waals surface area contributed by atoms with Crippen LogP contribution in [0, 0.1) is 6.92 Å². The first-order valence-electron chi connectivity index (χ1n) is 6.23. The first kappa shape index (κ1) is 13.1. The first-order chi connectivity index (χ1) is 9.15. The fraction of sp³-hybridized carbons (Fsp3) is 0.286. The summed E-state index contributed by atoms with van der Waals surface area (Å²) in [6.07, 6.45) is 2.46. The molecular formula is C14H18N4O. The van der Waals surface area contributed by atoms with Crippen LogP contribution in [0.4, 0.5) is 10.6 Å². The third kappa shape index (κ3) is 3.84. The molecule has 1 heterocycles. The van der Waals surface area contributed by atoms with Crippen LogP contribution in [0.15, 0.2) is 36.5 Å². The van der Waals surface area contributed by atoms with Gasteiger partial charge in [0.2, 0.25) is 0 Å². The Morgan fingerprint density at radius 1 is 1.37 bits per heavy atom. The highest BCUT2D eigenvalue weighted by atomic mass is 16.2. The van der Waals surface area contributed by atoms with Gasteiger partial charge in [0.1, 0.15) is 5.82 Å². The Morgan fingerprint density at radius 3 is 2.89 bits per heavy atom. The monoisotopic (exact) mass is 258 g/mol. The molecule has 0 unspecified atom stereocenters. The van der Waals surface area contributed by atoms with E-state index in [1.165, 1.54) is 11.1 Å². The lowest BCUT2D eigenvalue weighted by Gasteiger charge is -2.08. The molecule has 2 aromatic rings. The summed E-state index contributed by atoms with van der Waals surface area (Å²) in [7, 11) is 1.78. The Hall–Kier alpha value is -2.30. The van der Waals surface area contributed by atoms with Gasteiger partial charge in [-0.05, 0) is 18.9 Å². The molecule has 100 valence electrons. The molecule has 2 rings (SSSR count). The van der Waals surface area contributed by atoms with Gasteiger partial charge in [0.25, 0.3) is 0 Å². The highest BCUT2D eigenvalue weighted by Crippen LogP contribution is 2.04. The largest absolute Gasteiger partial charge is 0.337 e. The van der Waals surface area contributed by atoms with E-state index in [1.54, 1.807) is 24.0 Å². The van der Waals surface area contributed by atoms with Crippen molar-refractivity contribution in [2.24, 2.45) is 7.05 Å². The molecule has 0 fully saturated rings. The number of carbonyl (C=O) groups excluding carboxylic acids is 1. The first-order valence-corrected chi connectivity index (χ1v) is 6.23. The number of aryl methyl sites for hydroxylation is 2. The van der Waals surface area contributed by atoms with Gasteiger partial charge in [0.15, 0.2) is 0 Å². The topological polar surface area (TPSA) is 59.0 Å². The van der Waals surface area contributed by atoms with Crippen molar-refractivity contribution in [1.82, 2.24) is 15.1 Å². The fourth-order valence-electron chi connectivity index (χ4n) is 1.85. The van der Waals surface area contributed by atoms with Gasteiger partial charge < -0.3 is 5.32 Å². The number of benzene rings is 1. The summed E-state index contributed by atoms with van der Waals surface area (Å²) in [5, 5.41) is 9.54. The Kier molecular flexibility index (Phi) is 4.18. The van der Waals surface area contributed by atoms with Crippen LogP contribution in [0.5, 0.6) is 0 Å². The summed E-state index contributed by atoms with van der Waals surface area (Å²) < 4.78 is 1.61. The molecule has 0 aliphatic rings. The van der Waals surface area contributed by atoms with Gasteiger partial charge in [-0.1, -0.05) is 29.8 Å².